The summed E-state index contributed by atoms with van der Waals surface area (Å²) < 4.78 is 45.5. The minimum atomic E-state index is -4.09. The second-order valence-corrected chi connectivity index (χ2v) is 13.4. The van der Waals surface area contributed by atoms with Gasteiger partial charge < -0.3 is 9.74 Å². The maximum atomic E-state index is 12.9. The Morgan fingerprint density at radius 3 is 2.03 bits per heavy atom. The van der Waals surface area contributed by atoms with Crippen LogP contribution < -0.4 is 5.32 Å². The number of halogens is 5. The van der Waals surface area contributed by atoms with Gasteiger partial charge in [0, 0.05) is 30.5 Å². The van der Waals surface area contributed by atoms with E-state index in [0.717, 1.165) is 18.1 Å². The second-order valence-electron chi connectivity index (χ2n) is 7.87. The maximum Gasteiger partial charge on any atom is 0.391 e. The fraction of sp³-hybridized carbons (Fsp3) is 0.750. The fourth-order valence-electron chi connectivity index (χ4n) is 4.13. The maximum absolute atomic E-state index is 12.9. The van der Waals surface area contributed by atoms with Crippen molar-refractivity contribution in [1.29, 1.82) is 0 Å². The van der Waals surface area contributed by atoms with E-state index in [4.69, 9.17) is 27.6 Å². The van der Waals surface area contributed by atoms with Crippen LogP contribution in [0.25, 0.3) is 0 Å². The molecule has 166 valence electrons. The smallest absolute Gasteiger partial charge is 0.391 e. The summed E-state index contributed by atoms with van der Waals surface area (Å²) in [6.07, 6.45) is 0.0244. The van der Waals surface area contributed by atoms with Gasteiger partial charge in [-0.1, -0.05) is 44.0 Å². The summed E-state index contributed by atoms with van der Waals surface area (Å²) in [5.41, 5.74) is 0.715. The Bertz CT molecular complexity index is 623. The number of aromatic nitrogens is 1. The molecule has 0 radical (unpaired) electrons. The Balaban J connectivity index is 2.13. The van der Waals surface area contributed by atoms with Gasteiger partial charge in [-0.15, -0.1) is 0 Å². The van der Waals surface area contributed by atoms with Gasteiger partial charge in [0.25, 0.3) is 0 Å². The highest BCUT2D eigenvalue weighted by Gasteiger charge is 2.41. The van der Waals surface area contributed by atoms with E-state index < -0.39 is 20.4 Å². The Morgan fingerprint density at radius 1 is 1.07 bits per heavy atom. The van der Waals surface area contributed by atoms with E-state index in [0.29, 0.717) is 35.0 Å². The van der Waals surface area contributed by atoms with Crippen molar-refractivity contribution in [2.45, 2.75) is 82.9 Å². The van der Waals surface area contributed by atoms with Crippen LogP contribution in [0.4, 0.5) is 13.2 Å². The van der Waals surface area contributed by atoms with Crippen LogP contribution in [0, 0.1) is 5.92 Å². The van der Waals surface area contributed by atoms with Crippen LogP contribution in [0.3, 0.4) is 0 Å². The van der Waals surface area contributed by atoms with Crippen molar-refractivity contribution >= 4 is 31.5 Å². The Kier molecular flexibility index (Phi) is 9.28. The van der Waals surface area contributed by atoms with Crippen molar-refractivity contribution in [3.8, 4) is 0 Å². The molecule has 0 bridgehead atoms. The lowest BCUT2D eigenvalue weighted by atomic mass is 9.85. The number of hydrogen-bond donors (Lipinski definition) is 1. The average molecular weight is 471 g/mol. The van der Waals surface area contributed by atoms with Crippen LogP contribution in [0.5, 0.6) is 0 Å². The molecular formula is C20H31Cl2F3N2OSi. The Hall–Kier alpha value is -0.343. The molecule has 2 rings (SSSR count). The molecule has 0 aliphatic heterocycles. The van der Waals surface area contributed by atoms with E-state index in [1.165, 1.54) is 0 Å². The minimum absolute atomic E-state index is 0.0417. The molecular weight excluding hydrogens is 440 g/mol. The highest BCUT2D eigenvalue weighted by atomic mass is 35.5. The first-order valence-corrected chi connectivity index (χ1v) is 13.7. The van der Waals surface area contributed by atoms with Crippen LogP contribution >= 0.6 is 23.2 Å². The van der Waals surface area contributed by atoms with Gasteiger partial charge in [0.15, 0.2) is 8.32 Å². The minimum Gasteiger partial charge on any atom is -0.409 e. The first-order chi connectivity index (χ1) is 13.7. The van der Waals surface area contributed by atoms with E-state index in [1.54, 1.807) is 12.4 Å². The molecule has 1 saturated carbocycles. The zero-order chi connectivity index (χ0) is 21.7. The van der Waals surface area contributed by atoms with Crippen molar-refractivity contribution in [3.05, 3.63) is 28.0 Å². The van der Waals surface area contributed by atoms with Crippen LogP contribution in [0.2, 0.25) is 28.2 Å². The van der Waals surface area contributed by atoms with E-state index in [-0.39, 0.29) is 25.0 Å². The Morgan fingerprint density at radius 2 is 1.59 bits per heavy atom. The zero-order valence-electron chi connectivity index (χ0n) is 17.3. The molecule has 3 nitrogen and oxygen atoms in total. The Labute approximate surface area is 182 Å². The van der Waals surface area contributed by atoms with Gasteiger partial charge >= 0.3 is 6.18 Å². The average Bonchev–Trinajstić information content (AvgIpc) is 2.69. The molecule has 0 saturated heterocycles. The van der Waals surface area contributed by atoms with Crippen molar-refractivity contribution in [1.82, 2.24) is 10.3 Å². The van der Waals surface area contributed by atoms with Gasteiger partial charge in [-0.05, 0) is 43.8 Å². The molecule has 1 aromatic rings. The third kappa shape index (κ3) is 6.57. The molecule has 1 unspecified atom stereocenters. The first kappa shape index (κ1) is 24.9. The molecule has 9 heteroatoms. The topological polar surface area (TPSA) is 34.1 Å². The summed E-state index contributed by atoms with van der Waals surface area (Å²) in [6, 6.07) is 2.98. The van der Waals surface area contributed by atoms with Gasteiger partial charge in [0.05, 0.1) is 22.1 Å². The third-order valence-corrected chi connectivity index (χ3v) is 11.6. The fourth-order valence-corrected chi connectivity index (χ4v) is 7.54. The highest BCUT2D eigenvalue weighted by molar-refractivity contribution is 6.73. The third-order valence-electron chi connectivity index (χ3n) is 6.32. The van der Waals surface area contributed by atoms with E-state index in [2.05, 4.69) is 31.1 Å². The lowest BCUT2D eigenvalue weighted by Gasteiger charge is -2.36. The van der Waals surface area contributed by atoms with E-state index >= 15 is 0 Å². The molecule has 1 aromatic heterocycles. The molecule has 1 aliphatic rings. The number of pyridine rings is 1. The van der Waals surface area contributed by atoms with Gasteiger partial charge in [-0.25, -0.2) is 0 Å². The van der Waals surface area contributed by atoms with Crippen molar-refractivity contribution in [2.24, 2.45) is 5.92 Å². The second kappa shape index (κ2) is 10.8. The van der Waals surface area contributed by atoms with Crippen molar-refractivity contribution in [2.75, 3.05) is 6.54 Å². The molecule has 29 heavy (non-hydrogen) atoms. The number of alkyl halides is 3. The van der Waals surface area contributed by atoms with E-state index in [1.807, 2.05) is 0 Å². The molecule has 0 amide bonds. The molecule has 1 heterocycles. The molecule has 0 spiro atoms. The van der Waals surface area contributed by atoms with Crippen LogP contribution in [0.1, 0.15) is 58.1 Å². The normalized spacial score (nSPS) is 21.9. The summed E-state index contributed by atoms with van der Waals surface area (Å²) in [5, 5.41) is 4.34. The van der Waals surface area contributed by atoms with Crippen LogP contribution in [0.15, 0.2) is 12.4 Å². The summed E-state index contributed by atoms with van der Waals surface area (Å²) >= 11 is 12.8. The van der Waals surface area contributed by atoms with E-state index in [9.17, 15) is 13.2 Å². The van der Waals surface area contributed by atoms with Gasteiger partial charge in [-0.3, -0.25) is 4.98 Å². The lowest BCUT2D eigenvalue weighted by Crippen LogP contribution is -2.43. The van der Waals surface area contributed by atoms with Gasteiger partial charge in [0.1, 0.15) is 0 Å². The molecule has 1 aliphatic carbocycles. The molecule has 1 N–H and O–H groups in total. The molecule has 0 aromatic carbocycles. The largest absolute Gasteiger partial charge is 0.409 e. The van der Waals surface area contributed by atoms with Crippen molar-refractivity contribution < 1.29 is 17.6 Å². The number of hydrogen-bond acceptors (Lipinski definition) is 3. The summed E-state index contributed by atoms with van der Waals surface area (Å²) in [4.78, 5) is 4.03. The highest BCUT2D eigenvalue weighted by Crippen LogP contribution is 2.39. The summed E-state index contributed by atoms with van der Waals surface area (Å²) in [7, 11) is -1.96. The van der Waals surface area contributed by atoms with Crippen LogP contribution in [-0.4, -0.2) is 32.1 Å². The first-order valence-electron chi connectivity index (χ1n) is 10.4. The van der Waals surface area contributed by atoms with Crippen LogP contribution in [-0.2, 0) is 4.43 Å². The number of nitrogens with zero attached hydrogens (tertiary/aromatic N) is 1. The van der Waals surface area contributed by atoms with Gasteiger partial charge in [0.2, 0.25) is 0 Å². The quantitative estimate of drug-likeness (QED) is 0.388. The predicted molar refractivity (Wildman–Crippen MR) is 115 cm³/mol. The lowest BCUT2D eigenvalue weighted by molar-refractivity contribution is -0.182. The zero-order valence-corrected chi connectivity index (χ0v) is 19.8. The number of rotatable bonds is 9. The monoisotopic (exact) mass is 470 g/mol. The van der Waals surface area contributed by atoms with Crippen molar-refractivity contribution in [3.63, 3.8) is 0 Å². The molecule has 1 atom stereocenters. The number of nitrogens with one attached hydrogen (secondary N) is 1. The summed E-state index contributed by atoms with van der Waals surface area (Å²) in [6.45, 7) is 6.92. The SMILES string of the molecule is CC[Si](CC)(CC)OC(CNC1CCC(C(F)(F)F)CC1)c1c(Cl)cncc1Cl. The standard InChI is InChI=1S/C20H31Cl2F3N2OSi/c1-4-29(5-2,6-3)28-18(19-16(21)11-26-12-17(19)22)13-27-15-9-7-14(8-10-15)20(23,24)25/h11-12,14-15,18,27H,4-10,13H2,1-3H3. The summed E-state index contributed by atoms with van der Waals surface area (Å²) in [5.74, 6) is -1.18. The predicted octanol–water partition coefficient (Wildman–Crippen LogP) is 7.16. The molecule has 1 fully saturated rings. The van der Waals surface area contributed by atoms with Gasteiger partial charge in [-0.2, -0.15) is 13.2 Å².